The molecule has 0 amide bonds. The number of aromatic carboxylic acids is 1. The van der Waals surface area contributed by atoms with E-state index in [4.69, 9.17) is 5.11 Å². The fourth-order valence-electron chi connectivity index (χ4n) is 1.36. The van der Waals surface area contributed by atoms with Crippen LogP contribution >= 0.6 is 0 Å². The molecule has 0 radical (unpaired) electrons. The van der Waals surface area contributed by atoms with E-state index in [1.807, 2.05) is 0 Å². The van der Waals surface area contributed by atoms with E-state index in [-0.39, 0.29) is 11.1 Å². The number of aromatic nitrogens is 2. The van der Waals surface area contributed by atoms with Crippen molar-refractivity contribution in [2.75, 3.05) is 0 Å². The zero-order chi connectivity index (χ0) is 10.3. The number of carboxylic acid groups (broad SMARTS) is 1. The average molecular weight is 192 g/mol. The van der Waals surface area contributed by atoms with Gasteiger partial charge in [0.05, 0.1) is 0 Å². The summed E-state index contributed by atoms with van der Waals surface area (Å²) in [6, 6.07) is 1.50. The topological polar surface area (TPSA) is 63.1 Å². The lowest BCUT2D eigenvalue weighted by Crippen LogP contribution is -2.12. The summed E-state index contributed by atoms with van der Waals surface area (Å²) in [7, 11) is 0. The minimum absolute atomic E-state index is 0.0240. The van der Waals surface area contributed by atoms with Crippen LogP contribution in [0.1, 0.15) is 41.8 Å². The van der Waals surface area contributed by atoms with E-state index in [2.05, 4.69) is 16.9 Å². The molecule has 0 atom stereocenters. The van der Waals surface area contributed by atoms with Crippen molar-refractivity contribution in [1.29, 1.82) is 0 Å². The van der Waals surface area contributed by atoms with Crippen molar-refractivity contribution in [3.63, 3.8) is 0 Å². The van der Waals surface area contributed by atoms with E-state index >= 15 is 0 Å². The average Bonchev–Trinajstić information content (AvgIpc) is 2.84. The lowest BCUT2D eigenvalue weighted by Gasteiger charge is -2.08. The molecule has 14 heavy (non-hydrogen) atoms. The monoisotopic (exact) mass is 192 g/mol. The first-order valence-corrected chi connectivity index (χ1v) is 4.61. The fraction of sp³-hybridized carbons (Fsp3) is 0.500. The summed E-state index contributed by atoms with van der Waals surface area (Å²) in [6.45, 7) is 3.86. The van der Waals surface area contributed by atoms with E-state index < -0.39 is 5.97 Å². The van der Waals surface area contributed by atoms with Gasteiger partial charge in [-0.2, -0.15) is 0 Å². The van der Waals surface area contributed by atoms with Crippen LogP contribution in [-0.2, 0) is 5.41 Å². The molecule has 1 heterocycles. The minimum Gasteiger partial charge on any atom is -0.477 e. The number of hydrogen-bond donors (Lipinski definition) is 1. The quantitative estimate of drug-likeness (QED) is 0.771. The van der Waals surface area contributed by atoms with Gasteiger partial charge in [0.2, 0.25) is 0 Å². The number of carboxylic acids is 1. The van der Waals surface area contributed by atoms with Crippen LogP contribution in [0.3, 0.4) is 0 Å². The zero-order valence-corrected chi connectivity index (χ0v) is 8.24. The van der Waals surface area contributed by atoms with E-state index in [0.717, 1.165) is 18.5 Å². The third-order valence-corrected chi connectivity index (χ3v) is 2.61. The molecule has 74 valence electrons. The third kappa shape index (κ3) is 1.47. The van der Waals surface area contributed by atoms with Gasteiger partial charge in [-0.3, -0.25) is 0 Å². The maximum Gasteiger partial charge on any atom is 0.354 e. The van der Waals surface area contributed by atoms with Crippen LogP contribution in [0.2, 0.25) is 0 Å². The Hall–Kier alpha value is -1.45. The Bertz CT molecular complexity index is 397. The molecule has 1 aromatic heterocycles. The SMILES string of the molecule is Cc1cc(C(=O)O)nc(C2(C)CC2)n1. The second-order valence-corrected chi connectivity index (χ2v) is 4.08. The highest BCUT2D eigenvalue weighted by atomic mass is 16.4. The van der Waals surface area contributed by atoms with Gasteiger partial charge in [-0.25, -0.2) is 14.8 Å². The van der Waals surface area contributed by atoms with Crippen molar-refractivity contribution in [2.45, 2.75) is 32.1 Å². The number of nitrogens with zero attached hydrogens (tertiary/aromatic N) is 2. The van der Waals surface area contributed by atoms with Crippen molar-refractivity contribution in [3.05, 3.63) is 23.3 Å². The Balaban J connectivity index is 2.47. The predicted molar refractivity (Wildman–Crippen MR) is 50.3 cm³/mol. The van der Waals surface area contributed by atoms with Crippen molar-refractivity contribution >= 4 is 5.97 Å². The van der Waals surface area contributed by atoms with Gasteiger partial charge in [-0.15, -0.1) is 0 Å². The largest absolute Gasteiger partial charge is 0.477 e. The molecule has 4 nitrogen and oxygen atoms in total. The second-order valence-electron chi connectivity index (χ2n) is 4.08. The Kier molecular flexibility index (Phi) is 1.80. The molecule has 1 fully saturated rings. The van der Waals surface area contributed by atoms with Crippen LogP contribution in [0.4, 0.5) is 0 Å². The van der Waals surface area contributed by atoms with Crippen molar-refractivity contribution in [1.82, 2.24) is 9.97 Å². The number of carbonyl (C=O) groups is 1. The van der Waals surface area contributed by atoms with Gasteiger partial charge in [-0.05, 0) is 25.8 Å². The van der Waals surface area contributed by atoms with Gasteiger partial charge in [0.25, 0.3) is 0 Å². The van der Waals surface area contributed by atoms with Gasteiger partial charge in [-0.1, -0.05) is 6.92 Å². The second kappa shape index (κ2) is 2.77. The standard InChI is InChI=1S/C10H12N2O2/c1-6-5-7(8(13)14)12-9(11-6)10(2)3-4-10/h5H,3-4H2,1-2H3,(H,13,14). The Morgan fingerprint density at radius 1 is 1.50 bits per heavy atom. The van der Waals surface area contributed by atoms with Crippen LogP contribution < -0.4 is 0 Å². The molecule has 1 saturated carbocycles. The van der Waals surface area contributed by atoms with Gasteiger partial charge in [0.15, 0.2) is 5.69 Å². The third-order valence-electron chi connectivity index (χ3n) is 2.61. The van der Waals surface area contributed by atoms with Gasteiger partial charge >= 0.3 is 5.97 Å². The Morgan fingerprint density at radius 2 is 2.14 bits per heavy atom. The summed E-state index contributed by atoms with van der Waals surface area (Å²) in [6.07, 6.45) is 2.10. The molecule has 0 saturated heterocycles. The fourth-order valence-corrected chi connectivity index (χ4v) is 1.36. The van der Waals surface area contributed by atoms with Crippen LogP contribution in [-0.4, -0.2) is 21.0 Å². The molecule has 2 rings (SSSR count). The smallest absolute Gasteiger partial charge is 0.354 e. The molecule has 1 N–H and O–H groups in total. The van der Waals surface area contributed by atoms with Crippen LogP contribution in [0.15, 0.2) is 6.07 Å². The van der Waals surface area contributed by atoms with E-state index in [0.29, 0.717) is 5.82 Å². The number of aryl methyl sites for hydroxylation is 1. The maximum absolute atomic E-state index is 10.8. The van der Waals surface area contributed by atoms with E-state index in [9.17, 15) is 4.79 Å². The van der Waals surface area contributed by atoms with E-state index in [1.54, 1.807) is 6.92 Å². The molecule has 1 aliphatic carbocycles. The van der Waals surface area contributed by atoms with Gasteiger partial charge in [0.1, 0.15) is 5.82 Å². The van der Waals surface area contributed by atoms with Gasteiger partial charge in [0, 0.05) is 11.1 Å². The predicted octanol–water partition coefficient (Wildman–Crippen LogP) is 1.53. The summed E-state index contributed by atoms with van der Waals surface area (Å²) in [4.78, 5) is 19.1. The number of rotatable bonds is 2. The molecule has 0 aromatic carbocycles. The first kappa shape index (κ1) is 9.12. The summed E-state index contributed by atoms with van der Waals surface area (Å²) in [5.74, 6) is -0.309. The highest BCUT2D eigenvalue weighted by molar-refractivity contribution is 5.85. The summed E-state index contributed by atoms with van der Waals surface area (Å²) >= 11 is 0. The molecule has 4 heteroatoms. The van der Waals surface area contributed by atoms with Crippen LogP contribution in [0.25, 0.3) is 0 Å². The zero-order valence-electron chi connectivity index (χ0n) is 8.24. The first-order valence-electron chi connectivity index (χ1n) is 4.61. The Labute approximate surface area is 82.0 Å². The molecular weight excluding hydrogens is 180 g/mol. The van der Waals surface area contributed by atoms with Crippen LogP contribution in [0, 0.1) is 6.92 Å². The van der Waals surface area contributed by atoms with Gasteiger partial charge < -0.3 is 5.11 Å². The maximum atomic E-state index is 10.8. The van der Waals surface area contributed by atoms with E-state index in [1.165, 1.54) is 6.07 Å². The Morgan fingerprint density at radius 3 is 2.64 bits per heavy atom. The molecule has 0 aliphatic heterocycles. The van der Waals surface area contributed by atoms with Crippen molar-refractivity contribution in [2.24, 2.45) is 0 Å². The van der Waals surface area contributed by atoms with Crippen molar-refractivity contribution in [3.8, 4) is 0 Å². The summed E-state index contributed by atoms with van der Waals surface area (Å²) in [5, 5.41) is 8.83. The molecule has 1 aliphatic rings. The summed E-state index contributed by atoms with van der Waals surface area (Å²) < 4.78 is 0. The van der Waals surface area contributed by atoms with Crippen LogP contribution in [0.5, 0.6) is 0 Å². The molecule has 0 spiro atoms. The lowest BCUT2D eigenvalue weighted by atomic mass is 10.1. The van der Waals surface area contributed by atoms with Crippen molar-refractivity contribution < 1.29 is 9.90 Å². The molecule has 1 aromatic rings. The first-order chi connectivity index (χ1) is 6.51. The number of hydrogen-bond acceptors (Lipinski definition) is 3. The highest BCUT2D eigenvalue weighted by Gasteiger charge is 2.42. The molecule has 0 unspecified atom stereocenters. The highest BCUT2D eigenvalue weighted by Crippen LogP contribution is 2.45. The molecule has 0 bridgehead atoms. The lowest BCUT2D eigenvalue weighted by molar-refractivity contribution is 0.0689. The minimum atomic E-state index is -0.985. The normalized spacial score (nSPS) is 17.9. The summed E-state index contributed by atoms with van der Waals surface area (Å²) in [5.41, 5.74) is 0.845. The molecular formula is C10H12N2O2.